The van der Waals surface area contributed by atoms with Crippen molar-refractivity contribution in [1.29, 1.82) is 0 Å². The number of likely N-dealkylation sites (tertiary alicyclic amines) is 1. The monoisotopic (exact) mass is 376 g/mol. The van der Waals surface area contributed by atoms with E-state index in [1.807, 2.05) is 4.90 Å². The second kappa shape index (κ2) is 7.31. The number of amides is 1. The SMILES string of the molecule is O=C(c1ccc(S(=O)(=O)N2CCCC2)cc1)N1CC[C@@H]2CCCC[C@@H]2C1. The summed E-state index contributed by atoms with van der Waals surface area (Å²) in [6, 6.07) is 6.54. The molecule has 1 amide bonds. The van der Waals surface area contributed by atoms with Gasteiger partial charge < -0.3 is 4.90 Å². The van der Waals surface area contributed by atoms with E-state index in [2.05, 4.69) is 0 Å². The van der Waals surface area contributed by atoms with Crippen molar-refractivity contribution >= 4 is 15.9 Å². The van der Waals surface area contributed by atoms with Gasteiger partial charge in [-0.15, -0.1) is 0 Å². The van der Waals surface area contributed by atoms with Crippen LogP contribution in [0.2, 0.25) is 0 Å². The second-order valence-electron chi connectivity index (χ2n) is 7.98. The molecule has 0 unspecified atom stereocenters. The Morgan fingerprint density at radius 1 is 0.846 bits per heavy atom. The van der Waals surface area contributed by atoms with E-state index < -0.39 is 10.0 Å². The number of carbonyl (C=O) groups excluding carboxylic acids is 1. The molecule has 4 rings (SSSR count). The van der Waals surface area contributed by atoms with Gasteiger partial charge in [0.05, 0.1) is 4.90 Å². The van der Waals surface area contributed by atoms with Crippen LogP contribution in [0.3, 0.4) is 0 Å². The molecule has 1 aromatic rings. The quantitative estimate of drug-likeness (QED) is 0.814. The van der Waals surface area contributed by atoms with E-state index >= 15 is 0 Å². The maximum absolute atomic E-state index is 12.9. The van der Waals surface area contributed by atoms with Gasteiger partial charge in [-0.3, -0.25) is 4.79 Å². The van der Waals surface area contributed by atoms with Crippen LogP contribution in [-0.4, -0.2) is 49.7 Å². The number of benzene rings is 1. The molecule has 0 aromatic heterocycles. The Bertz CT molecular complexity index is 754. The zero-order valence-electron chi connectivity index (χ0n) is 15.3. The summed E-state index contributed by atoms with van der Waals surface area (Å²) in [4.78, 5) is 15.1. The van der Waals surface area contributed by atoms with E-state index in [0.717, 1.165) is 38.3 Å². The molecular formula is C20H28N2O3S. The van der Waals surface area contributed by atoms with Crippen LogP contribution in [0.4, 0.5) is 0 Å². The summed E-state index contributed by atoms with van der Waals surface area (Å²) in [6.07, 6.45) is 8.13. The lowest BCUT2D eigenvalue weighted by Gasteiger charge is -2.41. The number of rotatable bonds is 3. The van der Waals surface area contributed by atoms with Crippen LogP contribution in [0.1, 0.15) is 55.3 Å². The van der Waals surface area contributed by atoms with Gasteiger partial charge >= 0.3 is 0 Å². The van der Waals surface area contributed by atoms with Gasteiger partial charge in [-0.05, 0) is 61.8 Å². The lowest BCUT2D eigenvalue weighted by atomic mass is 9.75. The molecule has 5 nitrogen and oxygen atoms in total. The summed E-state index contributed by atoms with van der Waals surface area (Å²) in [5.41, 5.74) is 0.597. The summed E-state index contributed by atoms with van der Waals surface area (Å²) in [6.45, 7) is 2.88. The van der Waals surface area contributed by atoms with Crippen LogP contribution in [-0.2, 0) is 10.0 Å². The first-order valence-electron chi connectivity index (χ1n) is 9.95. The van der Waals surface area contributed by atoms with Crippen molar-refractivity contribution in [3.63, 3.8) is 0 Å². The largest absolute Gasteiger partial charge is 0.338 e. The molecule has 0 N–H and O–H groups in total. The number of hydrogen-bond donors (Lipinski definition) is 0. The first-order chi connectivity index (χ1) is 12.6. The third kappa shape index (κ3) is 3.41. The highest BCUT2D eigenvalue weighted by molar-refractivity contribution is 7.89. The van der Waals surface area contributed by atoms with E-state index in [4.69, 9.17) is 0 Å². The highest BCUT2D eigenvalue weighted by Crippen LogP contribution is 2.36. The zero-order valence-corrected chi connectivity index (χ0v) is 16.1. The smallest absolute Gasteiger partial charge is 0.253 e. The Hall–Kier alpha value is -1.40. The number of hydrogen-bond acceptors (Lipinski definition) is 3. The Morgan fingerprint density at radius 3 is 2.19 bits per heavy atom. The predicted molar refractivity (Wildman–Crippen MR) is 100 cm³/mol. The van der Waals surface area contributed by atoms with Crippen molar-refractivity contribution in [1.82, 2.24) is 9.21 Å². The fraction of sp³-hybridized carbons (Fsp3) is 0.650. The molecule has 1 saturated carbocycles. The van der Waals surface area contributed by atoms with Gasteiger partial charge in [0, 0.05) is 31.7 Å². The normalized spacial score (nSPS) is 27.3. The van der Waals surface area contributed by atoms with E-state index in [0.29, 0.717) is 29.5 Å². The highest BCUT2D eigenvalue weighted by atomic mass is 32.2. The summed E-state index contributed by atoms with van der Waals surface area (Å²) in [7, 11) is -3.41. The van der Waals surface area contributed by atoms with Crippen molar-refractivity contribution in [2.75, 3.05) is 26.2 Å². The van der Waals surface area contributed by atoms with Crippen molar-refractivity contribution < 1.29 is 13.2 Å². The number of fused-ring (bicyclic) bond motifs is 1. The minimum absolute atomic E-state index is 0.0409. The number of nitrogens with zero attached hydrogens (tertiary/aromatic N) is 2. The average molecular weight is 377 g/mol. The van der Waals surface area contributed by atoms with Gasteiger partial charge in [0.15, 0.2) is 0 Å². The lowest BCUT2D eigenvalue weighted by Crippen LogP contribution is -2.44. The van der Waals surface area contributed by atoms with E-state index in [9.17, 15) is 13.2 Å². The molecule has 6 heteroatoms. The fourth-order valence-corrected chi connectivity index (χ4v) is 6.33. The number of piperidine rings is 1. The first kappa shape index (κ1) is 18.0. The molecule has 142 valence electrons. The maximum atomic E-state index is 12.9. The molecule has 1 aliphatic carbocycles. The lowest BCUT2D eigenvalue weighted by molar-refractivity contribution is 0.0521. The van der Waals surface area contributed by atoms with Gasteiger partial charge in [-0.25, -0.2) is 8.42 Å². The first-order valence-corrected chi connectivity index (χ1v) is 11.4. The Labute approximate surface area is 156 Å². The van der Waals surface area contributed by atoms with Crippen molar-refractivity contribution in [2.24, 2.45) is 11.8 Å². The van der Waals surface area contributed by atoms with Crippen molar-refractivity contribution in [3.8, 4) is 0 Å². The Balaban J connectivity index is 1.45. The molecule has 0 bridgehead atoms. The summed E-state index contributed by atoms with van der Waals surface area (Å²) < 4.78 is 26.7. The fourth-order valence-electron chi connectivity index (χ4n) is 4.81. The molecule has 3 aliphatic rings. The summed E-state index contributed by atoms with van der Waals surface area (Å²) in [5.74, 6) is 1.48. The van der Waals surface area contributed by atoms with Crippen LogP contribution in [0.25, 0.3) is 0 Å². The standard InChI is InChI=1S/C20H28N2O3S/c23-20(21-14-11-16-5-1-2-6-18(16)15-21)17-7-9-19(10-8-17)26(24,25)22-12-3-4-13-22/h7-10,16,18H,1-6,11-15H2/t16-,18+/m0/s1. The molecule has 2 heterocycles. The minimum atomic E-state index is -3.41. The van der Waals surface area contributed by atoms with E-state index in [-0.39, 0.29) is 5.91 Å². The van der Waals surface area contributed by atoms with Gasteiger partial charge in [0.2, 0.25) is 10.0 Å². The summed E-state index contributed by atoms with van der Waals surface area (Å²) in [5, 5.41) is 0. The van der Waals surface area contributed by atoms with Crippen LogP contribution in [0, 0.1) is 11.8 Å². The molecular weight excluding hydrogens is 348 g/mol. The molecule has 0 spiro atoms. The number of carbonyl (C=O) groups is 1. The Kier molecular flexibility index (Phi) is 5.06. The van der Waals surface area contributed by atoms with Gasteiger partial charge in [0.25, 0.3) is 5.91 Å². The highest BCUT2D eigenvalue weighted by Gasteiger charge is 2.33. The zero-order chi connectivity index (χ0) is 18.1. The van der Waals surface area contributed by atoms with Crippen molar-refractivity contribution in [2.45, 2.75) is 49.8 Å². The van der Waals surface area contributed by atoms with E-state index in [1.165, 1.54) is 30.0 Å². The maximum Gasteiger partial charge on any atom is 0.253 e. The van der Waals surface area contributed by atoms with Gasteiger partial charge in [-0.1, -0.05) is 19.3 Å². The third-order valence-corrected chi connectivity index (χ3v) is 8.30. The van der Waals surface area contributed by atoms with Crippen LogP contribution < -0.4 is 0 Å². The number of sulfonamides is 1. The molecule has 2 atom stereocenters. The Morgan fingerprint density at radius 2 is 1.50 bits per heavy atom. The van der Waals surface area contributed by atoms with Gasteiger partial charge in [-0.2, -0.15) is 4.31 Å². The molecule has 2 aliphatic heterocycles. The molecule has 2 saturated heterocycles. The average Bonchev–Trinajstić information content (AvgIpc) is 3.23. The summed E-state index contributed by atoms with van der Waals surface area (Å²) >= 11 is 0. The van der Waals surface area contributed by atoms with E-state index in [1.54, 1.807) is 24.3 Å². The molecule has 1 aromatic carbocycles. The topological polar surface area (TPSA) is 57.7 Å². The molecule has 3 fully saturated rings. The predicted octanol–water partition coefficient (Wildman–Crippen LogP) is 3.12. The van der Waals surface area contributed by atoms with Crippen LogP contribution >= 0.6 is 0 Å². The van der Waals surface area contributed by atoms with Crippen LogP contribution in [0.15, 0.2) is 29.2 Å². The molecule has 0 radical (unpaired) electrons. The minimum Gasteiger partial charge on any atom is -0.338 e. The third-order valence-electron chi connectivity index (χ3n) is 6.38. The van der Waals surface area contributed by atoms with Crippen LogP contribution in [0.5, 0.6) is 0 Å². The van der Waals surface area contributed by atoms with Crippen molar-refractivity contribution in [3.05, 3.63) is 29.8 Å². The molecule has 26 heavy (non-hydrogen) atoms. The second-order valence-corrected chi connectivity index (χ2v) is 9.92. The van der Waals surface area contributed by atoms with Gasteiger partial charge in [0.1, 0.15) is 0 Å².